The molecule has 2 rings (SSSR count). The van der Waals surface area contributed by atoms with Crippen LogP contribution in [0.5, 0.6) is 0 Å². The quantitative estimate of drug-likeness (QED) is 0.887. The molecule has 0 aromatic heterocycles. The van der Waals surface area contributed by atoms with Gasteiger partial charge in [-0.1, -0.05) is 28.1 Å². The molecule has 4 nitrogen and oxygen atoms in total. The summed E-state index contributed by atoms with van der Waals surface area (Å²) in [5, 5.41) is 0. The second-order valence-corrected chi connectivity index (χ2v) is 3.80. The van der Waals surface area contributed by atoms with Gasteiger partial charge >= 0.3 is 6.29 Å². The van der Waals surface area contributed by atoms with Crippen molar-refractivity contribution in [1.29, 1.82) is 0 Å². The van der Waals surface area contributed by atoms with E-state index in [4.69, 9.17) is 15.2 Å². The molecule has 0 radical (unpaired) electrons. The number of benzene rings is 1. The van der Waals surface area contributed by atoms with Gasteiger partial charge in [-0.3, -0.25) is 4.79 Å². The Morgan fingerprint density at radius 2 is 2.13 bits per heavy atom. The van der Waals surface area contributed by atoms with Crippen molar-refractivity contribution in [2.45, 2.75) is 6.29 Å². The molecule has 78 valence electrons. The van der Waals surface area contributed by atoms with Crippen LogP contribution in [-0.2, 0) is 14.3 Å². The molecule has 1 aliphatic heterocycles. The molecular formula is C10H8BrNO3. The van der Waals surface area contributed by atoms with E-state index in [1.165, 1.54) is 6.26 Å². The van der Waals surface area contributed by atoms with Crippen LogP contribution < -0.4 is 5.73 Å². The van der Waals surface area contributed by atoms with Crippen molar-refractivity contribution in [1.82, 2.24) is 0 Å². The van der Waals surface area contributed by atoms with Crippen LogP contribution in [0.2, 0.25) is 0 Å². The lowest BCUT2D eigenvalue weighted by atomic mass is 10.2. The van der Waals surface area contributed by atoms with E-state index >= 15 is 0 Å². The number of carbonyl (C=O) groups excluding carboxylic acids is 1. The Balaban J connectivity index is 2.21. The van der Waals surface area contributed by atoms with Gasteiger partial charge in [-0.2, -0.15) is 0 Å². The second-order valence-electron chi connectivity index (χ2n) is 2.95. The third-order valence-electron chi connectivity index (χ3n) is 1.90. The van der Waals surface area contributed by atoms with E-state index in [1.807, 2.05) is 24.3 Å². The van der Waals surface area contributed by atoms with Gasteiger partial charge in [0.05, 0.1) is 0 Å². The van der Waals surface area contributed by atoms with Crippen molar-refractivity contribution in [2.75, 3.05) is 0 Å². The molecule has 0 saturated carbocycles. The summed E-state index contributed by atoms with van der Waals surface area (Å²) in [6.45, 7) is 0. The molecule has 1 aliphatic rings. The average Bonchev–Trinajstić information content (AvgIpc) is 2.67. The Bertz CT molecular complexity index is 430. The van der Waals surface area contributed by atoms with Gasteiger partial charge in [0.2, 0.25) is 0 Å². The SMILES string of the molecule is NC(=O)C1OC=C(c2ccccc2Br)O1. The summed E-state index contributed by atoms with van der Waals surface area (Å²) in [5.41, 5.74) is 5.86. The van der Waals surface area contributed by atoms with Gasteiger partial charge in [0.15, 0.2) is 5.76 Å². The topological polar surface area (TPSA) is 61.6 Å². The Hall–Kier alpha value is -1.49. The van der Waals surface area contributed by atoms with Crippen LogP contribution in [0.25, 0.3) is 5.76 Å². The smallest absolute Gasteiger partial charge is 0.320 e. The summed E-state index contributed by atoms with van der Waals surface area (Å²) >= 11 is 3.37. The summed E-state index contributed by atoms with van der Waals surface area (Å²) in [6, 6.07) is 7.47. The van der Waals surface area contributed by atoms with Crippen molar-refractivity contribution in [2.24, 2.45) is 5.73 Å². The minimum Gasteiger partial charge on any atom is -0.450 e. The van der Waals surface area contributed by atoms with Crippen LogP contribution in [0.4, 0.5) is 0 Å². The van der Waals surface area contributed by atoms with Crippen LogP contribution in [0.3, 0.4) is 0 Å². The molecule has 2 N–H and O–H groups in total. The Morgan fingerprint density at radius 3 is 2.73 bits per heavy atom. The van der Waals surface area contributed by atoms with E-state index in [9.17, 15) is 4.79 Å². The molecule has 1 unspecified atom stereocenters. The van der Waals surface area contributed by atoms with Gasteiger partial charge in [0.25, 0.3) is 5.91 Å². The van der Waals surface area contributed by atoms with Gasteiger partial charge in [-0.15, -0.1) is 0 Å². The van der Waals surface area contributed by atoms with E-state index in [0.29, 0.717) is 5.76 Å². The maximum atomic E-state index is 10.8. The van der Waals surface area contributed by atoms with Crippen LogP contribution in [0.15, 0.2) is 35.0 Å². The minimum atomic E-state index is -1.02. The third-order valence-corrected chi connectivity index (χ3v) is 2.60. The monoisotopic (exact) mass is 269 g/mol. The lowest BCUT2D eigenvalue weighted by Gasteiger charge is -2.08. The summed E-state index contributed by atoms with van der Waals surface area (Å²) in [4.78, 5) is 10.8. The first-order valence-electron chi connectivity index (χ1n) is 4.25. The van der Waals surface area contributed by atoms with E-state index < -0.39 is 12.2 Å². The van der Waals surface area contributed by atoms with Crippen molar-refractivity contribution in [3.63, 3.8) is 0 Å². The van der Waals surface area contributed by atoms with Crippen LogP contribution in [0.1, 0.15) is 5.56 Å². The highest BCUT2D eigenvalue weighted by Crippen LogP contribution is 2.29. The molecule has 0 fully saturated rings. The zero-order valence-electron chi connectivity index (χ0n) is 7.64. The fourth-order valence-corrected chi connectivity index (χ4v) is 1.69. The molecule has 0 saturated heterocycles. The molecule has 5 heteroatoms. The van der Waals surface area contributed by atoms with Gasteiger partial charge in [-0.05, 0) is 12.1 Å². The highest BCUT2D eigenvalue weighted by Gasteiger charge is 2.26. The summed E-state index contributed by atoms with van der Waals surface area (Å²) in [5.74, 6) is -0.153. The first-order chi connectivity index (χ1) is 7.18. The molecule has 1 heterocycles. The molecule has 15 heavy (non-hydrogen) atoms. The second kappa shape index (κ2) is 3.94. The van der Waals surface area contributed by atoms with Crippen LogP contribution >= 0.6 is 15.9 Å². The van der Waals surface area contributed by atoms with E-state index in [2.05, 4.69) is 15.9 Å². The van der Waals surface area contributed by atoms with Crippen molar-refractivity contribution in [3.05, 3.63) is 40.6 Å². The molecule has 1 atom stereocenters. The van der Waals surface area contributed by atoms with E-state index in [-0.39, 0.29) is 0 Å². The highest BCUT2D eigenvalue weighted by molar-refractivity contribution is 9.10. The number of ether oxygens (including phenoxy) is 2. The lowest BCUT2D eigenvalue weighted by molar-refractivity contribution is -0.139. The molecule has 1 amide bonds. The number of hydrogen-bond acceptors (Lipinski definition) is 3. The molecule has 1 aromatic carbocycles. The predicted octanol–water partition coefficient (Wildman–Crippen LogP) is 1.61. The first-order valence-corrected chi connectivity index (χ1v) is 5.04. The minimum absolute atomic E-state index is 0.492. The lowest BCUT2D eigenvalue weighted by Crippen LogP contribution is -2.29. The number of nitrogens with two attached hydrogens (primary N) is 1. The van der Waals surface area contributed by atoms with Gasteiger partial charge in [0, 0.05) is 10.0 Å². The van der Waals surface area contributed by atoms with Gasteiger partial charge in [0.1, 0.15) is 6.26 Å². The maximum absolute atomic E-state index is 10.8. The largest absolute Gasteiger partial charge is 0.450 e. The zero-order chi connectivity index (χ0) is 10.8. The van der Waals surface area contributed by atoms with Gasteiger partial charge < -0.3 is 15.2 Å². The molecule has 0 spiro atoms. The van der Waals surface area contributed by atoms with Crippen molar-refractivity contribution in [3.8, 4) is 0 Å². The maximum Gasteiger partial charge on any atom is 0.320 e. The fraction of sp³-hybridized carbons (Fsp3) is 0.100. The number of rotatable bonds is 2. The van der Waals surface area contributed by atoms with Crippen molar-refractivity contribution < 1.29 is 14.3 Å². The molecule has 1 aromatic rings. The first kappa shape index (κ1) is 10.0. The summed E-state index contributed by atoms with van der Waals surface area (Å²) < 4.78 is 11.0. The third kappa shape index (κ3) is 1.97. The average molecular weight is 270 g/mol. The van der Waals surface area contributed by atoms with Crippen molar-refractivity contribution >= 4 is 27.6 Å². The van der Waals surface area contributed by atoms with E-state index in [1.54, 1.807) is 0 Å². The molecular weight excluding hydrogens is 262 g/mol. The summed E-state index contributed by atoms with van der Waals surface area (Å²) in [7, 11) is 0. The van der Waals surface area contributed by atoms with E-state index in [0.717, 1.165) is 10.0 Å². The predicted molar refractivity (Wildman–Crippen MR) is 57.3 cm³/mol. The molecule has 0 bridgehead atoms. The Kier molecular flexibility index (Phi) is 2.64. The van der Waals surface area contributed by atoms with Gasteiger partial charge in [-0.25, -0.2) is 0 Å². The Labute approximate surface area is 94.8 Å². The number of primary amides is 1. The van der Waals surface area contributed by atoms with Crippen LogP contribution in [-0.4, -0.2) is 12.2 Å². The highest BCUT2D eigenvalue weighted by atomic mass is 79.9. The Morgan fingerprint density at radius 1 is 1.40 bits per heavy atom. The number of carbonyl (C=O) groups is 1. The number of hydrogen-bond donors (Lipinski definition) is 1. The normalized spacial score (nSPS) is 19.0. The zero-order valence-corrected chi connectivity index (χ0v) is 9.23. The summed E-state index contributed by atoms with van der Waals surface area (Å²) in [6.07, 6.45) is 0.363. The van der Waals surface area contributed by atoms with Crippen LogP contribution in [0, 0.1) is 0 Å². The fourth-order valence-electron chi connectivity index (χ4n) is 1.21. The number of halogens is 1. The standard InChI is InChI=1S/C10H8BrNO3/c11-7-4-2-1-3-6(7)8-5-14-10(15-8)9(12)13/h1-5,10H,(H2,12,13). The molecule has 0 aliphatic carbocycles. The number of amides is 1.